The number of carbonyl (C=O) groups excluding carboxylic acids is 2. The largest absolute Gasteiger partial charge is 0.340 e. The fourth-order valence-electron chi connectivity index (χ4n) is 3.12. The Labute approximate surface area is 198 Å². The summed E-state index contributed by atoms with van der Waals surface area (Å²) in [6.45, 7) is 0. The molecule has 33 heavy (non-hydrogen) atoms. The number of aromatic nitrogens is 2. The zero-order valence-electron chi connectivity index (χ0n) is 17.2. The van der Waals surface area contributed by atoms with Gasteiger partial charge in [0.1, 0.15) is 16.9 Å². The highest BCUT2D eigenvalue weighted by molar-refractivity contribution is 7.18. The van der Waals surface area contributed by atoms with Crippen molar-refractivity contribution in [2.45, 2.75) is 12.5 Å². The summed E-state index contributed by atoms with van der Waals surface area (Å²) in [5.74, 6) is -1.25. The van der Waals surface area contributed by atoms with Crippen molar-refractivity contribution < 1.29 is 14.0 Å². The first-order valence-electron chi connectivity index (χ1n) is 9.99. The van der Waals surface area contributed by atoms with Crippen LogP contribution in [-0.4, -0.2) is 28.1 Å². The first kappa shape index (κ1) is 22.6. The summed E-state index contributed by atoms with van der Waals surface area (Å²) >= 11 is 7.29. The maximum atomic E-state index is 13.2. The predicted octanol–water partition coefficient (Wildman–Crippen LogP) is 4.98. The van der Waals surface area contributed by atoms with Crippen molar-refractivity contribution in [1.82, 2.24) is 15.5 Å². The van der Waals surface area contributed by atoms with Gasteiger partial charge in [0.15, 0.2) is 0 Å². The van der Waals surface area contributed by atoms with Gasteiger partial charge in [0.05, 0.1) is 10.6 Å². The predicted molar refractivity (Wildman–Crippen MR) is 127 cm³/mol. The Bertz CT molecular complexity index is 1260. The number of nitrogens with zero attached hydrogens (tertiary/aromatic N) is 2. The van der Waals surface area contributed by atoms with E-state index in [0.29, 0.717) is 15.6 Å². The summed E-state index contributed by atoms with van der Waals surface area (Å²) < 4.78 is 13.2. The molecule has 2 amide bonds. The minimum Gasteiger partial charge on any atom is -0.340 e. The van der Waals surface area contributed by atoms with Gasteiger partial charge in [-0.25, -0.2) is 4.39 Å². The van der Waals surface area contributed by atoms with Crippen molar-refractivity contribution in [1.29, 1.82) is 0 Å². The molecule has 0 radical (unpaired) electrons. The number of nitrogens with one attached hydrogen (secondary N) is 2. The molecule has 1 atom stereocenters. The van der Waals surface area contributed by atoms with E-state index in [0.717, 1.165) is 16.9 Å². The van der Waals surface area contributed by atoms with Crippen LogP contribution in [0.5, 0.6) is 0 Å². The first-order chi connectivity index (χ1) is 16.0. The van der Waals surface area contributed by atoms with Crippen LogP contribution < -0.4 is 10.6 Å². The molecule has 6 nitrogen and oxygen atoms in total. The van der Waals surface area contributed by atoms with Gasteiger partial charge in [-0.05, 0) is 42.0 Å². The van der Waals surface area contributed by atoms with Crippen molar-refractivity contribution in [2.75, 3.05) is 5.32 Å². The standard InChI is InChI=1S/C24H18ClFN4O2S/c25-19-9-5-4-8-18(19)21(31)27-20(14-15-6-2-1-3-7-15)22(32)28-24-30-29-23(33-24)16-10-12-17(26)13-11-16/h1-13,20H,14H2,(H,27,31)(H,28,30,32)/t20-/m1/s1. The molecule has 0 saturated carbocycles. The summed E-state index contributed by atoms with van der Waals surface area (Å²) in [5.41, 5.74) is 1.84. The number of carbonyl (C=O) groups is 2. The highest BCUT2D eigenvalue weighted by Crippen LogP contribution is 2.26. The van der Waals surface area contributed by atoms with Gasteiger partial charge in [-0.2, -0.15) is 0 Å². The van der Waals surface area contributed by atoms with E-state index >= 15 is 0 Å². The lowest BCUT2D eigenvalue weighted by atomic mass is 10.0. The SMILES string of the molecule is O=C(N[C@H](Cc1ccccc1)C(=O)Nc1nnc(-c2ccc(F)cc2)s1)c1ccccc1Cl. The Hall–Kier alpha value is -3.62. The number of hydrogen-bond acceptors (Lipinski definition) is 5. The van der Waals surface area contributed by atoms with Crippen molar-refractivity contribution in [3.63, 3.8) is 0 Å². The molecule has 0 spiro atoms. The molecule has 0 fully saturated rings. The molecule has 0 aliphatic heterocycles. The minimum absolute atomic E-state index is 0.268. The second-order valence-electron chi connectivity index (χ2n) is 7.10. The highest BCUT2D eigenvalue weighted by atomic mass is 35.5. The number of rotatable bonds is 7. The third-order valence-corrected chi connectivity index (χ3v) is 5.99. The van der Waals surface area contributed by atoms with Crippen molar-refractivity contribution in [3.05, 3.63) is 101 Å². The van der Waals surface area contributed by atoms with E-state index in [1.807, 2.05) is 30.3 Å². The van der Waals surface area contributed by atoms with Crippen LogP contribution in [0.3, 0.4) is 0 Å². The first-order valence-corrected chi connectivity index (χ1v) is 11.2. The average Bonchev–Trinajstić information content (AvgIpc) is 3.28. The number of anilines is 1. The number of hydrogen-bond donors (Lipinski definition) is 2. The van der Waals surface area contributed by atoms with Crippen LogP contribution >= 0.6 is 22.9 Å². The minimum atomic E-state index is -0.880. The summed E-state index contributed by atoms with van der Waals surface area (Å²) in [6, 6.07) is 20.9. The van der Waals surface area contributed by atoms with Gasteiger partial charge in [-0.15, -0.1) is 10.2 Å². The maximum Gasteiger partial charge on any atom is 0.253 e. The van der Waals surface area contributed by atoms with E-state index in [-0.39, 0.29) is 22.9 Å². The molecule has 4 aromatic rings. The lowest BCUT2D eigenvalue weighted by Crippen LogP contribution is -2.45. The van der Waals surface area contributed by atoms with Gasteiger partial charge in [-0.1, -0.05) is 65.4 Å². The van der Waals surface area contributed by atoms with Gasteiger partial charge in [0.25, 0.3) is 5.91 Å². The van der Waals surface area contributed by atoms with E-state index in [9.17, 15) is 14.0 Å². The summed E-state index contributed by atoms with van der Waals surface area (Å²) in [7, 11) is 0. The van der Waals surface area contributed by atoms with Crippen LogP contribution in [0.4, 0.5) is 9.52 Å². The molecule has 4 rings (SSSR count). The molecule has 1 heterocycles. The molecule has 0 unspecified atom stereocenters. The Kier molecular flexibility index (Phi) is 7.07. The number of amides is 2. The molecule has 0 bridgehead atoms. The van der Waals surface area contributed by atoms with Crippen LogP contribution in [0.25, 0.3) is 10.6 Å². The third kappa shape index (κ3) is 5.79. The lowest BCUT2D eigenvalue weighted by molar-refractivity contribution is -0.118. The van der Waals surface area contributed by atoms with Gasteiger partial charge < -0.3 is 5.32 Å². The molecule has 2 N–H and O–H groups in total. The molecular weight excluding hydrogens is 463 g/mol. The van der Waals surface area contributed by atoms with Crippen LogP contribution in [-0.2, 0) is 11.2 Å². The van der Waals surface area contributed by atoms with Crippen molar-refractivity contribution >= 4 is 39.9 Å². The molecule has 0 saturated heterocycles. The van der Waals surface area contributed by atoms with Gasteiger partial charge in [-0.3, -0.25) is 14.9 Å². The van der Waals surface area contributed by atoms with E-state index in [1.165, 1.54) is 12.1 Å². The van der Waals surface area contributed by atoms with E-state index in [2.05, 4.69) is 20.8 Å². The van der Waals surface area contributed by atoms with Crippen LogP contribution in [0, 0.1) is 5.82 Å². The van der Waals surface area contributed by atoms with Crippen LogP contribution in [0.1, 0.15) is 15.9 Å². The Morgan fingerprint density at radius 1 is 0.939 bits per heavy atom. The molecule has 0 aliphatic rings. The third-order valence-electron chi connectivity index (χ3n) is 4.77. The zero-order chi connectivity index (χ0) is 23.2. The molecule has 9 heteroatoms. The Morgan fingerprint density at radius 2 is 1.64 bits per heavy atom. The summed E-state index contributed by atoms with van der Waals surface area (Å²) in [6.07, 6.45) is 0.270. The quantitative estimate of drug-likeness (QED) is 0.391. The maximum absolute atomic E-state index is 13.2. The Morgan fingerprint density at radius 3 is 2.36 bits per heavy atom. The fourth-order valence-corrected chi connectivity index (χ4v) is 4.09. The molecular formula is C24H18ClFN4O2S. The normalized spacial score (nSPS) is 11.6. The van der Waals surface area contributed by atoms with Gasteiger partial charge in [0.2, 0.25) is 11.0 Å². The monoisotopic (exact) mass is 480 g/mol. The summed E-state index contributed by atoms with van der Waals surface area (Å²) in [5, 5.41) is 14.6. The van der Waals surface area contributed by atoms with Crippen molar-refractivity contribution in [3.8, 4) is 10.6 Å². The molecule has 3 aromatic carbocycles. The highest BCUT2D eigenvalue weighted by Gasteiger charge is 2.24. The summed E-state index contributed by atoms with van der Waals surface area (Å²) in [4.78, 5) is 25.9. The zero-order valence-corrected chi connectivity index (χ0v) is 18.7. The van der Waals surface area contributed by atoms with E-state index in [4.69, 9.17) is 11.6 Å². The smallest absolute Gasteiger partial charge is 0.253 e. The topological polar surface area (TPSA) is 84.0 Å². The van der Waals surface area contributed by atoms with E-state index < -0.39 is 17.9 Å². The fraction of sp³-hybridized carbons (Fsp3) is 0.0833. The van der Waals surface area contributed by atoms with Crippen molar-refractivity contribution in [2.24, 2.45) is 0 Å². The second-order valence-corrected chi connectivity index (χ2v) is 8.49. The molecule has 1 aromatic heterocycles. The van der Waals surface area contributed by atoms with Crippen LogP contribution in [0.2, 0.25) is 5.02 Å². The second kappa shape index (κ2) is 10.3. The molecule has 0 aliphatic carbocycles. The average molecular weight is 481 g/mol. The van der Waals surface area contributed by atoms with Gasteiger partial charge in [0, 0.05) is 12.0 Å². The lowest BCUT2D eigenvalue weighted by Gasteiger charge is -2.18. The van der Waals surface area contributed by atoms with Crippen LogP contribution in [0.15, 0.2) is 78.9 Å². The van der Waals surface area contributed by atoms with Gasteiger partial charge >= 0.3 is 0 Å². The van der Waals surface area contributed by atoms with E-state index in [1.54, 1.807) is 36.4 Å². The Balaban J connectivity index is 1.52. The number of benzene rings is 3. The molecule has 166 valence electrons. The number of halogens is 2.